The summed E-state index contributed by atoms with van der Waals surface area (Å²) in [4.78, 5) is 28.0. The highest BCUT2D eigenvalue weighted by Crippen LogP contribution is 2.14. The van der Waals surface area contributed by atoms with E-state index in [1.54, 1.807) is 0 Å². The van der Waals surface area contributed by atoms with Crippen molar-refractivity contribution in [2.45, 2.75) is 38.4 Å². The van der Waals surface area contributed by atoms with Gasteiger partial charge in [0.2, 0.25) is 23.0 Å². The number of carbonyl (C=O) groups excluding carboxylic acids is 1. The van der Waals surface area contributed by atoms with Gasteiger partial charge >= 0.3 is 0 Å². The van der Waals surface area contributed by atoms with Crippen molar-refractivity contribution in [2.75, 3.05) is 22.9 Å². The van der Waals surface area contributed by atoms with Gasteiger partial charge in [0, 0.05) is 12.6 Å². The first-order chi connectivity index (χ1) is 11.5. The molecule has 2 rings (SSSR count). The Balaban J connectivity index is 2.25. The van der Waals surface area contributed by atoms with Gasteiger partial charge in [-0.25, -0.2) is 4.98 Å². The van der Waals surface area contributed by atoms with Crippen molar-refractivity contribution in [3.63, 3.8) is 0 Å². The molecular formula is C13H21N9OS. The molecule has 0 saturated heterocycles. The Hall–Kier alpha value is -2.43. The number of thioether (sulfide) groups is 1. The zero-order valence-electron chi connectivity index (χ0n) is 13.9. The fourth-order valence-electron chi connectivity index (χ4n) is 1.64. The third kappa shape index (κ3) is 5.05. The number of nitrogens with two attached hydrogens (primary N) is 1. The number of nitrogens with zero attached hydrogens (tertiary/aromatic N) is 6. The van der Waals surface area contributed by atoms with Crippen LogP contribution in [0, 0.1) is 0 Å². The Morgan fingerprint density at radius 1 is 1.33 bits per heavy atom. The molecule has 0 aliphatic rings. The monoisotopic (exact) mass is 351 g/mol. The third-order valence-corrected chi connectivity index (χ3v) is 3.84. The molecule has 130 valence electrons. The lowest BCUT2D eigenvalue weighted by atomic mass is 10.3. The standard InChI is InChI=1S/C13H21N9OS/c1-4-8(3)17-11-18-10(15-5-2)19-12(20-11)22-7-16-13(21-22)24-6-9(14)23/h7-8H,4-6H2,1-3H3,(H2,14,23)(H2,15,17,18,19,20)/t8-/m1/s1. The minimum absolute atomic E-state index is 0.116. The van der Waals surface area contributed by atoms with Crippen molar-refractivity contribution in [3.05, 3.63) is 6.33 Å². The Labute approximate surface area is 144 Å². The molecule has 2 aromatic heterocycles. The zero-order chi connectivity index (χ0) is 17.5. The summed E-state index contributed by atoms with van der Waals surface area (Å²) in [5.74, 6) is 0.948. The molecule has 2 heterocycles. The Bertz CT molecular complexity index is 690. The third-order valence-electron chi connectivity index (χ3n) is 2.97. The molecule has 2 aromatic rings. The first-order valence-electron chi connectivity index (χ1n) is 7.61. The fourth-order valence-corrected chi connectivity index (χ4v) is 2.18. The van der Waals surface area contributed by atoms with Gasteiger partial charge in [-0.15, -0.1) is 5.10 Å². The van der Waals surface area contributed by atoms with E-state index in [-0.39, 0.29) is 11.8 Å². The normalized spacial score (nSPS) is 12.0. The lowest BCUT2D eigenvalue weighted by molar-refractivity contribution is -0.115. The van der Waals surface area contributed by atoms with E-state index in [0.717, 1.165) is 18.2 Å². The molecular weight excluding hydrogens is 330 g/mol. The summed E-state index contributed by atoms with van der Waals surface area (Å²) in [6, 6.07) is 0.229. The summed E-state index contributed by atoms with van der Waals surface area (Å²) in [6.07, 6.45) is 2.43. The van der Waals surface area contributed by atoms with Gasteiger partial charge in [-0.2, -0.15) is 19.6 Å². The molecule has 0 fully saturated rings. The predicted molar refractivity (Wildman–Crippen MR) is 92.2 cm³/mol. The maximum atomic E-state index is 10.8. The lowest BCUT2D eigenvalue weighted by Crippen LogP contribution is -2.18. The second kappa shape index (κ2) is 8.43. The first-order valence-corrected chi connectivity index (χ1v) is 8.60. The van der Waals surface area contributed by atoms with Crippen LogP contribution in [0.2, 0.25) is 0 Å². The van der Waals surface area contributed by atoms with Gasteiger partial charge in [0.05, 0.1) is 5.75 Å². The lowest BCUT2D eigenvalue weighted by Gasteiger charge is -2.13. The average molecular weight is 351 g/mol. The molecule has 1 amide bonds. The van der Waals surface area contributed by atoms with E-state index in [1.165, 1.54) is 11.0 Å². The SMILES string of the molecule is CCNc1nc(N[C@H](C)CC)nc(-n2cnc(SCC(N)=O)n2)n1. The van der Waals surface area contributed by atoms with Crippen molar-refractivity contribution in [1.29, 1.82) is 0 Å². The first kappa shape index (κ1) is 17.9. The molecule has 0 bridgehead atoms. The van der Waals surface area contributed by atoms with Gasteiger partial charge in [0.15, 0.2) is 0 Å². The molecule has 0 aliphatic carbocycles. The Morgan fingerprint density at radius 3 is 2.75 bits per heavy atom. The Kier molecular flexibility index (Phi) is 6.29. The summed E-state index contributed by atoms with van der Waals surface area (Å²) < 4.78 is 1.44. The molecule has 10 nitrogen and oxygen atoms in total. The largest absolute Gasteiger partial charge is 0.369 e. The van der Waals surface area contributed by atoms with Crippen LogP contribution < -0.4 is 16.4 Å². The number of hydrogen-bond donors (Lipinski definition) is 3. The van der Waals surface area contributed by atoms with E-state index in [4.69, 9.17) is 5.73 Å². The summed E-state index contributed by atoms with van der Waals surface area (Å²) in [5, 5.41) is 11.0. The van der Waals surface area contributed by atoms with E-state index in [1.807, 2.05) is 13.8 Å². The number of nitrogens with one attached hydrogen (secondary N) is 2. The van der Waals surface area contributed by atoms with Crippen molar-refractivity contribution in [2.24, 2.45) is 5.73 Å². The molecule has 0 aromatic carbocycles. The van der Waals surface area contributed by atoms with E-state index in [0.29, 0.717) is 29.5 Å². The molecule has 4 N–H and O–H groups in total. The second-order valence-corrected chi connectivity index (χ2v) is 5.94. The van der Waals surface area contributed by atoms with Gasteiger partial charge in [0.25, 0.3) is 5.95 Å². The molecule has 0 saturated carbocycles. The van der Waals surface area contributed by atoms with Gasteiger partial charge in [-0.1, -0.05) is 18.7 Å². The number of anilines is 2. The van der Waals surface area contributed by atoms with Crippen molar-refractivity contribution < 1.29 is 4.79 Å². The van der Waals surface area contributed by atoms with Crippen LogP contribution in [-0.2, 0) is 4.79 Å². The van der Waals surface area contributed by atoms with Gasteiger partial charge in [-0.05, 0) is 20.3 Å². The number of carbonyl (C=O) groups is 1. The van der Waals surface area contributed by atoms with Crippen LogP contribution in [0.1, 0.15) is 27.2 Å². The molecule has 0 spiro atoms. The number of rotatable bonds is 9. The quantitative estimate of drug-likeness (QED) is 0.557. The van der Waals surface area contributed by atoms with Crippen molar-refractivity contribution in [3.8, 4) is 5.95 Å². The van der Waals surface area contributed by atoms with Crippen molar-refractivity contribution >= 4 is 29.6 Å². The van der Waals surface area contributed by atoms with Crippen LogP contribution in [0.5, 0.6) is 0 Å². The van der Waals surface area contributed by atoms with E-state index >= 15 is 0 Å². The maximum Gasteiger partial charge on any atom is 0.258 e. The molecule has 0 unspecified atom stereocenters. The number of aromatic nitrogens is 6. The zero-order valence-corrected chi connectivity index (χ0v) is 14.7. The summed E-state index contributed by atoms with van der Waals surface area (Å²) in [6.45, 7) is 6.76. The number of amides is 1. The van der Waals surface area contributed by atoms with Gasteiger partial charge in [-0.3, -0.25) is 4.79 Å². The molecule has 1 atom stereocenters. The molecule has 0 aliphatic heterocycles. The maximum absolute atomic E-state index is 10.8. The number of hydrogen-bond acceptors (Lipinski definition) is 9. The smallest absolute Gasteiger partial charge is 0.258 e. The summed E-state index contributed by atoms with van der Waals surface area (Å²) in [7, 11) is 0. The van der Waals surface area contributed by atoms with E-state index in [2.05, 4.69) is 42.6 Å². The fraction of sp³-hybridized carbons (Fsp3) is 0.538. The minimum Gasteiger partial charge on any atom is -0.369 e. The summed E-state index contributed by atoms with van der Waals surface area (Å²) in [5.41, 5.74) is 5.12. The highest BCUT2D eigenvalue weighted by molar-refractivity contribution is 7.99. The van der Waals surface area contributed by atoms with Gasteiger partial charge in [0.1, 0.15) is 6.33 Å². The van der Waals surface area contributed by atoms with E-state index < -0.39 is 5.91 Å². The van der Waals surface area contributed by atoms with Crippen LogP contribution in [-0.4, -0.2) is 54.0 Å². The molecule has 0 radical (unpaired) electrons. The Morgan fingerprint density at radius 2 is 2.08 bits per heavy atom. The van der Waals surface area contributed by atoms with E-state index in [9.17, 15) is 4.79 Å². The van der Waals surface area contributed by atoms with Crippen LogP contribution in [0.4, 0.5) is 11.9 Å². The molecule has 11 heteroatoms. The van der Waals surface area contributed by atoms with Crippen LogP contribution in [0.25, 0.3) is 5.95 Å². The van der Waals surface area contributed by atoms with Crippen LogP contribution in [0.3, 0.4) is 0 Å². The summed E-state index contributed by atoms with van der Waals surface area (Å²) >= 11 is 1.16. The van der Waals surface area contributed by atoms with Crippen LogP contribution >= 0.6 is 11.8 Å². The average Bonchev–Trinajstić information content (AvgIpc) is 3.02. The van der Waals surface area contributed by atoms with Gasteiger partial charge < -0.3 is 16.4 Å². The minimum atomic E-state index is -0.425. The van der Waals surface area contributed by atoms with Crippen LogP contribution in [0.15, 0.2) is 11.5 Å². The topological polar surface area (TPSA) is 137 Å². The number of primary amides is 1. The highest BCUT2D eigenvalue weighted by Gasteiger charge is 2.12. The predicted octanol–water partition coefficient (Wildman–Crippen LogP) is 0.672. The van der Waals surface area contributed by atoms with Crippen molar-refractivity contribution in [1.82, 2.24) is 29.7 Å². The molecule has 24 heavy (non-hydrogen) atoms. The second-order valence-electron chi connectivity index (χ2n) is 4.99. The highest BCUT2D eigenvalue weighted by atomic mass is 32.2.